The lowest BCUT2D eigenvalue weighted by atomic mass is 10.2. The van der Waals surface area contributed by atoms with Crippen LogP contribution in [0.1, 0.15) is 40.5 Å². The molecule has 0 amide bonds. The van der Waals surface area contributed by atoms with Crippen molar-refractivity contribution in [2.24, 2.45) is 0 Å². The van der Waals surface area contributed by atoms with Gasteiger partial charge in [-0.15, -0.1) is 0 Å². The van der Waals surface area contributed by atoms with Gasteiger partial charge in [-0.2, -0.15) is 0 Å². The van der Waals surface area contributed by atoms with Crippen molar-refractivity contribution < 1.29 is 0 Å². The highest BCUT2D eigenvalue weighted by atomic mass is 14.9. The molecular formula is C8H19N. The van der Waals surface area contributed by atoms with Crippen molar-refractivity contribution in [3.8, 4) is 0 Å². The van der Waals surface area contributed by atoms with Gasteiger partial charge in [-0.25, -0.2) is 0 Å². The fraction of sp³-hybridized carbons (Fsp3) is 1.00. The van der Waals surface area contributed by atoms with Crippen LogP contribution in [-0.2, 0) is 0 Å². The van der Waals surface area contributed by atoms with Gasteiger partial charge < -0.3 is 5.32 Å². The molecule has 1 nitrogen and oxygen atoms in total. The van der Waals surface area contributed by atoms with Crippen LogP contribution in [-0.4, -0.2) is 12.1 Å². The van der Waals surface area contributed by atoms with E-state index in [2.05, 4.69) is 33.0 Å². The maximum atomic E-state index is 3.44. The predicted molar refractivity (Wildman–Crippen MR) is 42.6 cm³/mol. The molecule has 0 aliphatic rings. The van der Waals surface area contributed by atoms with Crippen LogP contribution >= 0.6 is 0 Å². The Morgan fingerprint density at radius 3 is 2.11 bits per heavy atom. The summed E-state index contributed by atoms with van der Waals surface area (Å²) in [5, 5.41) is 3.44. The van der Waals surface area contributed by atoms with Gasteiger partial charge in [0.05, 0.1) is 0 Å². The van der Waals surface area contributed by atoms with Gasteiger partial charge in [-0.05, 0) is 13.3 Å². The molecule has 1 unspecified atom stereocenters. The Kier molecular flexibility index (Phi) is 4.78. The first-order valence-electron chi connectivity index (χ1n) is 3.92. The van der Waals surface area contributed by atoms with Gasteiger partial charge in [0, 0.05) is 12.1 Å². The maximum Gasteiger partial charge on any atom is 0.00409 e. The van der Waals surface area contributed by atoms with E-state index in [0.717, 1.165) is 0 Å². The molecule has 1 atom stereocenters. The SMILES string of the molecule is CCCC(C)NC(C)C. The zero-order chi connectivity index (χ0) is 7.28. The summed E-state index contributed by atoms with van der Waals surface area (Å²) in [4.78, 5) is 0. The van der Waals surface area contributed by atoms with E-state index in [9.17, 15) is 0 Å². The minimum absolute atomic E-state index is 0.631. The Morgan fingerprint density at radius 1 is 1.22 bits per heavy atom. The second-order valence-electron chi connectivity index (χ2n) is 3.01. The zero-order valence-corrected chi connectivity index (χ0v) is 7.07. The quantitative estimate of drug-likeness (QED) is 0.613. The molecule has 0 aromatic rings. The summed E-state index contributed by atoms with van der Waals surface area (Å²) >= 11 is 0. The van der Waals surface area contributed by atoms with Crippen LogP contribution in [0.2, 0.25) is 0 Å². The largest absolute Gasteiger partial charge is 0.312 e. The summed E-state index contributed by atoms with van der Waals surface area (Å²) in [6, 6.07) is 1.32. The van der Waals surface area contributed by atoms with Crippen LogP contribution in [0.3, 0.4) is 0 Å². The van der Waals surface area contributed by atoms with Crippen molar-refractivity contribution in [1.82, 2.24) is 5.32 Å². The number of nitrogens with one attached hydrogen (secondary N) is 1. The molecule has 0 fully saturated rings. The lowest BCUT2D eigenvalue weighted by molar-refractivity contribution is 0.462. The minimum atomic E-state index is 0.631. The molecule has 0 aliphatic heterocycles. The molecule has 0 aromatic heterocycles. The summed E-state index contributed by atoms with van der Waals surface area (Å²) < 4.78 is 0. The molecule has 1 heteroatoms. The van der Waals surface area contributed by atoms with Crippen LogP contribution in [0.4, 0.5) is 0 Å². The van der Waals surface area contributed by atoms with Gasteiger partial charge in [-0.1, -0.05) is 27.2 Å². The highest BCUT2D eigenvalue weighted by molar-refractivity contribution is 4.61. The molecule has 0 spiro atoms. The van der Waals surface area contributed by atoms with Crippen LogP contribution in [0.5, 0.6) is 0 Å². The summed E-state index contributed by atoms with van der Waals surface area (Å²) in [5.74, 6) is 0. The third kappa shape index (κ3) is 5.84. The van der Waals surface area contributed by atoms with E-state index in [4.69, 9.17) is 0 Å². The van der Waals surface area contributed by atoms with Gasteiger partial charge >= 0.3 is 0 Å². The molecule has 0 saturated heterocycles. The standard InChI is InChI=1S/C8H19N/c1-5-6-8(4)9-7(2)3/h7-9H,5-6H2,1-4H3. The molecule has 56 valence electrons. The van der Waals surface area contributed by atoms with Gasteiger partial charge in [0.2, 0.25) is 0 Å². The molecule has 0 rings (SSSR count). The fourth-order valence-corrected chi connectivity index (χ4v) is 1.09. The molecule has 1 N–H and O–H groups in total. The molecule has 0 aromatic carbocycles. The second-order valence-corrected chi connectivity index (χ2v) is 3.01. The molecule has 9 heavy (non-hydrogen) atoms. The monoisotopic (exact) mass is 129 g/mol. The van der Waals surface area contributed by atoms with Crippen molar-refractivity contribution in [2.75, 3.05) is 0 Å². The first-order chi connectivity index (χ1) is 4.16. The third-order valence-electron chi connectivity index (χ3n) is 1.34. The zero-order valence-electron chi connectivity index (χ0n) is 7.07. The van der Waals surface area contributed by atoms with Gasteiger partial charge in [0.25, 0.3) is 0 Å². The van der Waals surface area contributed by atoms with Crippen molar-refractivity contribution in [2.45, 2.75) is 52.6 Å². The molecule has 0 saturated carbocycles. The van der Waals surface area contributed by atoms with Crippen LogP contribution in [0.15, 0.2) is 0 Å². The van der Waals surface area contributed by atoms with E-state index in [1.807, 2.05) is 0 Å². The van der Waals surface area contributed by atoms with Crippen molar-refractivity contribution in [3.63, 3.8) is 0 Å². The Morgan fingerprint density at radius 2 is 1.78 bits per heavy atom. The Bertz CT molecular complexity index is 59.6. The first-order valence-corrected chi connectivity index (χ1v) is 3.92. The molecule has 0 bridgehead atoms. The van der Waals surface area contributed by atoms with Crippen molar-refractivity contribution >= 4 is 0 Å². The third-order valence-corrected chi connectivity index (χ3v) is 1.34. The smallest absolute Gasteiger partial charge is 0.00409 e. The Labute approximate surface area is 58.8 Å². The van der Waals surface area contributed by atoms with E-state index in [1.54, 1.807) is 0 Å². The van der Waals surface area contributed by atoms with E-state index < -0.39 is 0 Å². The summed E-state index contributed by atoms with van der Waals surface area (Å²) in [5.41, 5.74) is 0. The second kappa shape index (κ2) is 4.80. The molecular weight excluding hydrogens is 110 g/mol. The van der Waals surface area contributed by atoms with Crippen molar-refractivity contribution in [1.29, 1.82) is 0 Å². The van der Waals surface area contributed by atoms with Crippen LogP contribution in [0, 0.1) is 0 Å². The lowest BCUT2D eigenvalue weighted by Gasteiger charge is -2.15. The average molecular weight is 129 g/mol. The average Bonchev–Trinajstić information content (AvgIpc) is 1.63. The molecule has 0 radical (unpaired) electrons. The normalized spacial score (nSPS) is 14.3. The van der Waals surface area contributed by atoms with Gasteiger partial charge in [0.15, 0.2) is 0 Å². The van der Waals surface area contributed by atoms with Crippen LogP contribution in [0.25, 0.3) is 0 Å². The molecule has 0 aliphatic carbocycles. The van der Waals surface area contributed by atoms with Gasteiger partial charge in [-0.3, -0.25) is 0 Å². The van der Waals surface area contributed by atoms with E-state index in [1.165, 1.54) is 12.8 Å². The highest BCUT2D eigenvalue weighted by Crippen LogP contribution is 1.95. The number of hydrogen-bond donors (Lipinski definition) is 1. The first kappa shape index (κ1) is 8.96. The minimum Gasteiger partial charge on any atom is -0.312 e. The maximum absolute atomic E-state index is 3.44. The summed E-state index contributed by atoms with van der Waals surface area (Å²) in [6.45, 7) is 8.83. The predicted octanol–water partition coefficient (Wildman–Crippen LogP) is 2.17. The lowest BCUT2D eigenvalue weighted by Crippen LogP contribution is -2.31. The summed E-state index contributed by atoms with van der Waals surface area (Å²) in [6.07, 6.45) is 2.57. The van der Waals surface area contributed by atoms with Crippen molar-refractivity contribution in [3.05, 3.63) is 0 Å². The van der Waals surface area contributed by atoms with E-state index in [0.29, 0.717) is 12.1 Å². The van der Waals surface area contributed by atoms with Crippen LogP contribution < -0.4 is 5.32 Å². The fourth-order valence-electron chi connectivity index (χ4n) is 1.09. The van der Waals surface area contributed by atoms with E-state index in [-0.39, 0.29) is 0 Å². The topological polar surface area (TPSA) is 12.0 Å². The van der Waals surface area contributed by atoms with E-state index >= 15 is 0 Å². The highest BCUT2D eigenvalue weighted by Gasteiger charge is 1.99. The Hall–Kier alpha value is -0.0400. The number of hydrogen-bond acceptors (Lipinski definition) is 1. The number of rotatable bonds is 4. The summed E-state index contributed by atoms with van der Waals surface area (Å²) in [7, 11) is 0. The Balaban J connectivity index is 3.15. The molecule has 0 heterocycles. The van der Waals surface area contributed by atoms with Gasteiger partial charge in [0.1, 0.15) is 0 Å².